The molecular formula is C18H20FNO2. The molecule has 2 N–H and O–H groups in total. The van der Waals surface area contributed by atoms with Crippen molar-refractivity contribution >= 4 is 5.69 Å². The lowest BCUT2D eigenvalue weighted by Crippen LogP contribution is -2.17. The van der Waals surface area contributed by atoms with Crippen LogP contribution in [0.4, 0.5) is 10.1 Å². The van der Waals surface area contributed by atoms with Gasteiger partial charge in [-0.1, -0.05) is 6.07 Å². The lowest BCUT2D eigenvalue weighted by atomic mass is 9.87. The Morgan fingerprint density at radius 1 is 1.18 bits per heavy atom. The van der Waals surface area contributed by atoms with Crippen LogP contribution < -0.4 is 10.1 Å². The SMILES string of the molecule is OCCOc1ccc(NC2CCCc3cc(F)ccc32)cc1. The van der Waals surface area contributed by atoms with Gasteiger partial charge in [0.1, 0.15) is 18.2 Å². The van der Waals surface area contributed by atoms with Crippen molar-refractivity contribution in [3.8, 4) is 5.75 Å². The van der Waals surface area contributed by atoms with Crippen molar-refractivity contribution < 1.29 is 14.2 Å². The molecule has 0 aliphatic heterocycles. The van der Waals surface area contributed by atoms with Crippen LogP contribution in [0.5, 0.6) is 5.75 Å². The molecule has 2 aromatic carbocycles. The zero-order chi connectivity index (χ0) is 15.4. The van der Waals surface area contributed by atoms with Crippen molar-refractivity contribution in [2.24, 2.45) is 0 Å². The number of hydrogen-bond donors (Lipinski definition) is 2. The molecule has 0 saturated heterocycles. The van der Waals surface area contributed by atoms with Crippen LogP contribution >= 0.6 is 0 Å². The van der Waals surface area contributed by atoms with E-state index in [0.29, 0.717) is 6.61 Å². The third-order valence-corrected chi connectivity index (χ3v) is 3.97. The van der Waals surface area contributed by atoms with E-state index in [1.807, 2.05) is 30.3 Å². The Labute approximate surface area is 129 Å². The second-order valence-corrected chi connectivity index (χ2v) is 5.53. The first-order chi connectivity index (χ1) is 10.8. The Bertz CT molecular complexity index is 627. The number of halogens is 1. The lowest BCUT2D eigenvalue weighted by Gasteiger charge is -2.27. The minimum atomic E-state index is -0.162. The molecule has 0 bridgehead atoms. The van der Waals surface area contributed by atoms with E-state index in [-0.39, 0.29) is 18.5 Å². The maximum atomic E-state index is 13.3. The van der Waals surface area contributed by atoms with E-state index in [1.54, 1.807) is 6.07 Å². The van der Waals surface area contributed by atoms with Crippen LogP contribution in [-0.2, 0) is 6.42 Å². The Balaban J connectivity index is 1.71. The molecule has 116 valence electrons. The van der Waals surface area contributed by atoms with Gasteiger partial charge in [0, 0.05) is 5.69 Å². The number of anilines is 1. The second kappa shape index (κ2) is 6.79. The van der Waals surface area contributed by atoms with Crippen LogP contribution in [0.15, 0.2) is 42.5 Å². The van der Waals surface area contributed by atoms with Gasteiger partial charge in [0.15, 0.2) is 0 Å². The topological polar surface area (TPSA) is 41.5 Å². The van der Waals surface area contributed by atoms with Gasteiger partial charge in [0.05, 0.1) is 12.6 Å². The maximum Gasteiger partial charge on any atom is 0.123 e. The highest BCUT2D eigenvalue weighted by atomic mass is 19.1. The quantitative estimate of drug-likeness (QED) is 0.885. The lowest BCUT2D eigenvalue weighted by molar-refractivity contribution is 0.201. The minimum Gasteiger partial charge on any atom is -0.491 e. The number of aliphatic hydroxyl groups excluding tert-OH is 1. The zero-order valence-corrected chi connectivity index (χ0v) is 12.4. The molecule has 0 amide bonds. The molecule has 4 heteroatoms. The Morgan fingerprint density at radius 3 is 2.77 bits per heavy atom. The summed E-state index contributed by atoms with van der Waals surface area (Å²) in [4.78, 5) is 0. The summed E-state index contributed by atoms with van der Waals surface area (Å²) in [5.41, 5.74) is 3.30. The molecule has 3 rings (SSSR count). The summed E-state index contributed by atoms with van der Waals surface area (Å²) in [6.45, 7) is 0.309. The van der Waals surface area contributed by atoms with Crippen LogP contribution in [-0.4, -0.2) is 18.3 Å². The fourth-order valence-corrected chi connectivity index (χ4v) is 2.94. The van der Waals surface area contributed by atoms with Crippen molar-refractivity contribution in [2.75, 3.05) is 18.5 Å². The van der Waals surface area contributed by atoms with Gasteiger partial charge < -0.3 is 15.2 Å². The average molecular weight is 301 g/mol. The first-order valence-electron chi connectivity index (χ1n) is 7.65. The van der Waals surface area contributed by atoms with Gasteiger partial charge in [-0.3, -0.25) is 0 Å². The first kappa shape index (κ1) is 14.9. The molecule has 1 unspecified atom stereocenters. The number of nitrogens with one attached hydrogen (secondary N) is 1. The van der Waals surface area contributed by atoms with Crippen molar-refractivity contribution in [3.05, 3.63) is 59.4 Å². The summed E-state index contributed by atoms with van der Waals surface area (Å²) in [6, 6.07) is 13.0. The second-order valence-electron chi connectivity index (χ2n) is 5.53. The fourth-order valence-electron chi connectivity index (χ4n) is 2.94. The normalized spacial score (nSPS) is 16.9. The number of fused-ring (bicyclic) bond motifs is 1. The van der Waals surface area contributed by atoms with Gasteiger partial charge in [0.2, 0.25) is 0 Å². The minimum absolute atomic E-state index is 0.00934. The van der Waals surface area contributed by atoms with Gasteiger partial charge in [-0.15, -0.1) is 0 Å². The summed E-state index contributed by atoms with van der Waals surface area (Å²) in [5.74, 6) is 0.579. The monoisotopic (exact) mass is 301 g/mol. The van der Waals surface area contributed by atoms with Crippen LogP contribution in [0.1, 0.15) is 30.0 Å². The number of benzene rings is 2. The molecule has 1 atom stereocenters. The van der Waals surface area contributed by atoms with Gasteiger partial charge in [-0.05, 0) is 66.8 Å². The molecule has 0 spiro atoms. The van der Waals surface area contributed by atoms with Crippen LogP contribution in [0.3, 0.4) is 0 Å². The van der Waals surface area contributed by atoms with E-state index in [0.717, 1.165) is 36.3 Å². The molecule has 0 radical (unpaired) electrons. The summed E-state index contributed by atoms with van der Waals surface area (Å²) in [5, 5.41) is 12.3. The third-order valence-electron chi connectivity index (χ3n) is 3.97. The van der Waals surface area contributed by atoms with E-state index in [2.05, 4.69) is 5.32 Å². The Hall–Kier alpha value is -2.07. The van der Waals surface area contributed by atoms with Crippen LogP contribution in [0.2, 0.25) is 0 Å². The molecule has 0 heterocycles. The van der Waals surface area contributed by atoms with Crippen LogP contribution in [0, 0.1) is 5.82 Å². The predicted molar refractivity (Wildman–Crippen MR) is 84.7 cm³/mol. The highest BCUT2D eigenvalue weighted by molar-refractivity contribution is 5.49. The molecule has 0 fully saturated rings. The molecule has 22 heavy (non-hydrogen) atoms. The fraction of sp³-hybridized carbons (Fsp3) is 0.333. The zero-order valence-electron chi connectivity index (χ0n) is 12.4. The predicted octanol–water partition coefficient (Wildman–Crippen LogP) is 3.69. The standard InChI is InChI=1S/C18H20FNO2/c19-14-4-9-17-13(12-14)2-1-3-18(17)20-15-5-7-16(8-6-15)22-11-10-21/h4-9,12,18,20-21H,1-3,10-11H2. The van der Waals surface area contributed by atoms with Crippen molar-refractivity contribution in [3.63, 3.8) is 0 Å². The summed E-state index contributed by atoms with van der Waals surface area (Å²) in [7, 11) is 0. The van der Waals surface area contributed by atoms with E-state index in [1.165, 1.54) is 11.6 Å². The largest absolute Gasteiger partial charge is 0.491 e. The van der Waals surface area contributed by atoms with Crippen LogP contribution in [0.25, 0.3) is 0 Å². The number of ether oxygens (including phenoxy) is 1. The smallest absolute Gasteiger partial charge is 0.123 e. The number of aryl methyl sites for hydroxylation is 1. The van der Waals surface area contributed by atoms with Crippen molar-refractivity contribution in [2.45, 2.75) is 25.3 Å². The average Bonchev–Trinajstić information content (AvgIpc) is 2.54. The Kier molecular flexibility index (Phi) is 4.59. The van der Waals surface area contributed by atoms with E-state index in [4.69, 9.17) is 9.84 Å². The molecule has 1 aliphatic rings. The molecule has 2 aromatic rings. The number of hydrogen-bond acceptors (Lipinski definition) is 3. The molecule has 3 nitrogen and oxygen atoms in total. The highest BCUT2D eigenvalue weighted by Crippen LogP contribution is 2.33. The van der Waals surface area contributed by atoms with Crippen molar-refractivity contribution in [1.29, 1.82) is 0 Å². The highest BCUT2D eigenvalue weighted by Gasteiger charge is 2.20. The molecule has 1 aliphatic carbocycles. The van der Waals surface area contributed by atoms with E-state index >= 15 is 0 Å². The van der Waals surface area contributed by atoms with Gasteiger partial charge >= 0.3 is 0 Å². The molecule has 0 aromatic heterocycles. The summed E-state index contributed by atoms with van der Waals surface area (Å²) in [6.07, 6.45) is 3.05. The van der Waals surface area contributed by atoms with Gasteiger partial charge in [-0.2, -0.15) is 0 Å². The van der Waals surface area contributed by atoms with Gasteiger partial charge in [0.25, 0.3) is 0 Å². The first-order valence-corrected chi connectivity index (χ1v) is 7.65. The van der Waals surface area contributed by atoms with E-state index < -0.39 is 0 Å². The molecular weight excluding hydrogens is 281 g/mol. The summed E-state index contributed by atoms with van der Waals surface area (Å²) >= 11 is 0. The number of aliphatic hydroxyl groups is 1. The third kappa shape index (κ3) is 3.39. The summed E-state index contributed by atoms with van der Waals surface area (Å²) < 4.78 is 18.7. The Morgan fingerprint density at radius 2 is 2.00 bits per heavy atom. The van der Waals surface area contributed by atoms with Crippen molar-refractivity contribution in [1.82, 2.24) is 0 Å². The van der Waals surface area contributed by atoms with E-state index in [9.17, 15) is 4.39 Å². The number of rotatable bonds is 5. The maximum absolute atomic E-state index is 13.3. The molecule has 0 saturated carbocycles. The van der Waals surface area contributed by atoms with Gasteiger partial charge in [-0.25, -0.2) is 4.39 Å².